The molecule has 0 spiro atoms. The first kappa shape index (κ1) is 17.0. The number of aromatic nitrogens is 2. The van der Waals surface area contributed by atoms with Crippen molar-refractivity contribution in [3.05, 3.63) is 11.9 Å². The zero-order chi connectivity index (χ0) is 15.2. The third-order valence-corrected chi connectivity index (χ3v) is 3.88. The van der Waals surface area contributed by atoms with Gasteiger partial charge in [-0.05, 0) is 19.4 Å². The second-order valence-corrected chi connectivity index (χ2v) is 7.11. The van der Waals surface area contributed by atoms with Crippen LogP contribution >= 0.6 is 0 Å². The molecule has 0 radical (unpaired) electrons. The van der Waals surface area contributed by atoms with Crippen molar-refractivity contribution < 1.29 is 13.2 Å². The zero-order valence-corrected chi connectivity index (χ0v) is 13.5. The van der Waals surface area contributed by atoms with Crippen LogP contribution in [-0.4, -0.2) is 43.9 Å². The van der Waals surface area contributed by atoms with E-state index in [2.05, 4.69) is 17.3 Å². The maximum absolute atomic E-state index is 11.7. The Bertz CT molecular complexity index is 511. The monoisotopic (exact) mass is 303 g/mol. The lowest BCUT2D eigenvalue weighted by atomic mass is 10.2. The highest BCUT2D eigenvalue weighted by molar-refractivity contribution is 7.90. The largest absolute Gasteiger partial charge is 0.493 e. The fourth-order valence-corrected chi connectivity index (χ4v) is 3.01. The smallest absolute Gasteiger partial charge is 0.161 e. The van der Waals surface area contributed by atoms with Crippen LogP contribution in [0.25, 0.3) is 0 Å². The fraction of sp³-hybridized carbons (Fsp3) is 0.769. The van der Waals surface area contributed by atoms with E-state index in [4.69, 9.17) is 4.74 Å². The van der Waals surface area contributed by atoms with E-state index in [1.54, 1.807) is 13.3 Å². The summed E-state index contributed by atoms with van der Waals surface area (Å²) in [5.74, 6) is 0.675. The Morgan fingerprint density at radius 2 is 2.10 bits per heavy atom. The quantitative estimate of drug-likeness (QED) is 0.746. The van der Waals surface area contributed by atoms with E-state index in [-0.39, 0.29) is 11.8 Å². The lowest BCUT2D eigenvalue weighted by Crippen LogP contribution is -2.31. The molecule has 0 bridgehead atoms. The molecule has 20 heavy (non-hydrogen) atoms. The molecular weight excluding hydrogens is 278 g/mol. The molecule has 0 aliphatic rings. The van der Waals surface area contributed by atoms with Crippen molar-refractivity contribution >= 4 is 9.84 Å². The maximum Gasteiger partial charge on any atom is 0.161 e. The van der Waals surface area contributed by atoms with Crippen molar-refractivity contribution in [2.45, 2.75) is 39.3 Å². The molecule has 1 N–H and O–H groups in total. The van der Waals surface area contributed by atoms with Crippen molar-refractivity contribution in [3.63, 3.8) is 0 Å². The lowest BCUT2D eigenvalue weighted by Gasteiger charge is -2.20. The van der Waals surface area contributed by atoms with Gasteiger partial charge in [0.1, 0.15) is 9.84 Å². The summed E-state index contributed by atoms with van der Waals surface area (Å²) in [5, 5.41) is 7.57. The second-order valence-electron chi connectivity index (χ2n) is 4.92. The van der Waals surface area contributed by atoms with Crippen LogP contribution in [-0.2, 0) is 16.4 Å². The molecule has 0 fully saturated rings. The molecule has 0 aromatic carbocycles. The molecule has 1 rings (SSSR count). The minimum Gasteiger partial charge on any atom is -0.493 e. The normalized spacial score (nSPS) is 13.4. The molecule has 0 aliphatic heterocycles. The average molecular weight is 303 g/mol. The Hall–Kier alpha value is -1.08. The van der Waals surface area contributed by atoms with Gasteiger partial charge in [-0.2, -0.15) is 5.10 Å². The number of hydrogen-bond donors (Lipinski definition) is 1. The summed E-state index contributed by atoms with van der Waals surface area (Å²) in [4.78, 5) is 0. The predicted octanol–water partition coefficient (Wildman–Crippen LogP) is 1.39. The number of nitrogens with zero attached hydrogens (tertiary/aromatic N) is 2. The first-order chi connectivity index (χ1) is 9.42. The number of aryl methyl sites for hydroxylation is 1. The highest BCUT2D eigenvalue weighted by Crippen LogP contribution is 2.26. The molecule has 1 unspecified atom stereocenters. The Morgan fingerprint density at radius 1 is 1.40 bits per heavy atom. The van der Waals surface area contributed by atoms with Crippen molar-refractivity contribution in [2.24, 2.45) is 0 Å². The van der Waals surface area contributed by atoms with Crippen molar-refractivity contribution in [1.29, 1.82) is 0 Å². The number of hydrogen-bond acceptors (Lipinski definition) is 5. The molecule has 1 heterocycles. The molecule has 1 aromatic heterocycles. The summed E-state index contributed by atoms with van der Waals surface area (Å²) in [7, 11) is -1.52. The molecule has 0 saturated carbocycles. The number of sulfone groups is 1. The zero-order valence-electron chi connectivity index (χ0n) is 12.7. The fourth-order valence-electron chi connectivity index (χ4n) is 2.13. The first-order valence-electron chi connectivity index (χ1n) is 6.93. The molecular formula is C13H25N3O3S. The minimum atomic E-state index is -3.10. The topological polar surface area (TPSA) is 73.2 Å². The first-order valence-corrected chi connectivity index (χ1v) is 8.99. The van der Waals surface area contributed by atoms with Gasteiger partial charge in [0, 0.05) is 12.8 Å². The number of methoxy groups -OCH3 is 1. The maximum atomic E-state index is 11.7. The molecule has 1 atom stereocenters. The van der Waals surface area contributed by atoms with Crippen LogP contribution in [0.5, 0.6) is 5.75 Å². The Morgan fingerprint density at radius 3 is 2.60 bits per heavy atom. The molecule has 1 aromatic rings. The van der Waals surface area contributed by atoms with Crippen molar-refractivity contribution in [1.82, 2.24) is 15.1 Å². The summed E-state index contributed by atoms with van der Waals surface area (Å²) >= 11 is 0. The standard InChI is InChI=1S/C13H25N3O3S/c1-5-7-14-11(10-20(4,17)18)13-12(19-3)9-15-16(13)8-6-2/h9,11,14H,5-8,10H2,1-4H3. The van der Waals surface area contributed by atoms with E-state index in [1.165, 1.54) is 6.26 Å². The summed E-state index contributed by atoms with van der Waals surface area (Å²) in [6.45, 7) is 5.60. The van der Waals surface area contributed by atoms with Gasteiger partial charge in [0.05, 0.1) is 30.8 Å². The SMILES string of the molecule is CCCNC(CS(C)(=O)=O)c1c(OC)cnn1CCC. The van der Waals surface area contributed by atoms with Gasteiger partial charge in [0.15, 0.2) is 5.75 Å². The van der Waals surface area contributed by atoms with Gasteiger partial charge < -0.3 is 10.1 Å². The van der Waals surface area contributed by atoms with Crippen LogP contribution in [0.15, 0.2) is 6.20 Å². The highest BCUT2D eigenvalue weighted by Gasteiger charge is 2.24. The number of ether oxygens (including phenoxy) is 1. The van der Waals surface area contributed by atoms with Gasteiger partial charge >= 0.3 is 0 Å². The van der Waals surface area contributed by atoms with E-state index in [0.717, 1.165) is 31.6 Å². The molecule has 6 nitrogen and oxygen atoms in total. The summed E-state index contributed by atoms with van der Waals surface area (Å²) in [5.41, 5.74) is 0.813. The third kappa shape index (κ3) is 4.79. The van der Waals surface area contributed by atoms with E-state index in [0.29, 0.717) is 5.75 Å². The predicted molar refractivity (Wildman–Crippen MR) is 79.8 cm³/mol. The van der Waals surface area contributed by atoms with Gasteiger partial charge in [0.25, 0.3) is 0 Å². The van der Waals surface area contributed by atoms with Crippen molar-refractivity contribution in [2.75, 3.05) is 25.7 Å². The highest BCUT2D eigenvalue weighted by atomic mass is 32.2. The molecule has 7 heteroatoms. The van der Waals surface area contributed by atoms with Gasteiger partial charge in [0.2, 0.25) is 0 Å². The van der Waals surface area contributed by atoms with E-state index < -0.39 is 9.84 Å². The lowest BCUT2D eigenvalue weighted by molar-refractivity contribution is 0.394. The summed E-state index contributed by atoms with van der Waals surface area (Å²) < 4.78 is 30.5. The van der Waals surface area contributed by atoms with Crippen LogP contribution < -0.4 is 10.1 Å². The van der Waals surface area contributed by atoms with Crippen LogP contribution in [0, 0.1) is 0 Å². The number of rotatable bonds is 9. The van der Waals surface area contributed by atoms with Gasteiger partial charge in [-0.1, -0.05) is 13.8 Å². The molecule has 0 aliphatic carbocycles. The van der Waals surface area contributed by atoms with Crippen LogP contribution in [0.1, 0.15) is 38.4 Å². The molecule has 0 amide bonds. The van der Waals surface area contributed by atoms with Gasteiger partial charge in [-0.25, -0.2) is 8.42 Å². The summed E-state index contributed by atoms with van der Waals surface area (Å²) in [6.07, 6.45) is 4.76. The van der Waals surface area contributed by atoms with Crippen LogP contribution in [0.4, 0.5) is 0 Å². The van der Waals surface area contributed by atoms with Crippen LogP contribution in [0.2, 0.25) is 0 Å². The average Bonchev–Trinajstić information content (AvgIpc) is 2.76. The minimum absolute atomic E-state index is 0.0404. The van der Waals surface area contributed by atoms with Gasteiger partial charge in [-0.15, -0.1) is 0 Å². The van der Waals surface area contributed by atoms with E-state index in [1.807, 2.05) is 11.6 Å². The Labute approximate surface area is 121 Å². The van der Waals surface area contributed by atoms with E-state index in [9.17, 15) is 8.42 Å². The third-order valence-electron chi connectivity index (χ3n) is 2.94. The second kappa shape index (κ2) is 7.64. The Kier molecular flexibility index (Phi) is 6.48. The Balaban J connectivity index is 3.12. The van der Waals surface area contributed by atoms with Gasteiger partial charge in [-0.3, -0.25) is 4.68 Å². The number of nitrogens with one attached hydrogen (secondary N) is 1. The van der Waals surface area contributed by atoms with E-state index >= 15 is 0 Å². The molecule has 0 saturated heterocycles. The van der Waals surface area contributed by atoms with Crippen molar-refractivity contribution in [3.8, 4) is 5.75 Å². The van der Waals surface area contributed by atoms with Crippen LogP contribution in [0.3, 0.4) is 0 Å². The molecule has 116 valence electrons. The summed E-state index contributed by atoms with van der Waals surface area (Å²) in [6, 6.07) is -0.297.